The molecule has 1 fully saturated rings. The largest absolute Gasteiger partial charge is 0.349 e. The van der Waals surface area contributed by atoms with Gasteiger partial charge in [-0.15, -0.1) is 0 Å². The number of H-pyrrole nitrogens is 1. The van der Waals surface area contributed by atoms with E-state index in [0.29, 0.717) is 12.2 Å². The molecule has 5 heteroatoms. The van der Waals surface area contributed by atoms with Crippen molar-refractivity contribution in [3.63, 3.8) is 0 Å². The maximum atomic E-state index is 11.8. The van der Waals surface area contributed by atoms with Gasteiger partial charge >= 0.3 is 0 Å². The molecule has 1 aliphatic carbocycles. The Hall–Kier alpha value is -1.23. The fraction of sp³-hybridized carbons (Fsp3) is 0.500. The van der Waals surface area contributed by atoms with Crippen molar-refractivity contribution in [1.29, 1.82) is 0 Å². The molecule has 1 saturated carbocycles. The predicted octanol–water partition coefficient (Wildman–Crippen LogP) is 1.39. The van der Waals surface area contributed by atoms with E-state index in [0.717, 1.165) is 12.8 Å². The van der Waals surface area contributed by atoms with Gasteiger partial charge in [0.2, 0.25) is 5.56 Å². The SMILES string of the molecule is CSC1(CNC(=O)c2cccc(=O)[nH]2)CCC1. The van der Waals surface area contributed by atoms with Gasteiger partial charge in [0.15, 0.2) is 0 Å². The minimum atomic E-state index is -0.249. The lowest BCUT2D eigenvalue weighted by Gasteiger charge is -2.40. The van der Waals surface area contributed by atoms with Crippen molar-refractivity contribution in [3.05, 3.63) is 34.2 Å². The van der Waals surface area contributed by atoms with E-state index in [-0.39, 0.29) is 16.2 Å². The number of pyridine rings is 1. The fourth-order valence-electron chi connectivity index (χ4n) is 1.94. The summed E-state index contributed by atoms with van der Waals surface area (Å²) in [6.07, 6.45) is 5.62. The van der Waals surface area contributed by atoms with E-state index >= 15 is 0 Å². The molecule has 0 bridgehead atoms. The van der Waals surface area contributed by atoms with Crippen molar-refractivity contribution < 1.29 is 4.79 Å². The van der Waals surface area contributed by atoms with Gasteiger partial charge in [-0.1, -0.05) is 12.5 Å². The van der Waals surface area contributed by atoms with Crippen LogP contribution >= 0.6 is 11.8 Å². The number of thioether (sulfide) groups is 1. The van der Waals surface area contributed by atoms with Crippen molar-refractivity contribution in [2.75, 3.05) is 12.8 Å². The van der Waals surface area contributed by atoms with Crippen molar-refractivity contribution in [1.82, 2.24) is 10.3 Å². The molecule has 1 heterocycles. The lowest BCUT2D eigenvalue weighted by atomic mass is 9.84. The van der Waals surface area contributed by atoms with E-state index in [9.17, 15) is 9.59 Å². The van der Waals surface area contributed by atoms with Gasteiger partial charge in [-0.05, 0) is 25.2 Å². The van der Waals surface area contributed by atoms with Crippen LogP contribution in [-0.4, -0.2) is 28.4 Å². The van der Waals surface area contributed by atoms with Crippen molar-refractivity contribution in [2.45, 2.75) is 24.0 Å². The summed E-state index contributed by atoms with van der Waals surface area (Å²) in [6.45, 7) is 0.671. The average molecular weight is 252 g/mol. The Balaban J connectivity index is 1.95. The monoisotopic (exact) mass is 252 g/mol. The Labute approximate surface area is 104 Å². The normalized spacial score (nSPS) is 17.2. The van der Waals surface area contributed by atoms with Crippen molar-refractivity contribution in [2.24, 2.45) is 0 Å². The first-order valence-corrected chi connectivity index (χ1v) is 6.90. The van der Waals surface area contributed by atoms with E-state index in [1.165, 1.54) is 12.5 Å². The first-order chi connectivity index (χ1) is 8.15. The van der Waals surface area contributed by atoms with Crippen LogP contribution in [0.25, 0.3) is 0 Å². The molecule has 1 aromatic heterocycles. The van der Waals surface area contributed by atoms with Crippen LogP contribution in [0.3, 0.4) is 0 Å². The van der Waals surface area contributed by atoms with Gasteiger partial charge in [0, 0.05) is 17.4 Å². The first kappa shape index (κ1) is 12.2. The summed E-state index contributed by atoms with van der Waals surface area (Å²) in [7, 11) is 0. The van der Waals surface area contributed by atoms with Crippen LogP contribution in [0.15, 0.2) is 23.0 Å². The van der Waals surface area contributed by atoms with E-state index in [2.05, 4.69) is 16.6 Å². The smallest absolute Gasteiger partial charge is 0.267 e. The Bertz CT molecular complexity index is 460. The Morgan fingerprint density at radius 2 is 2.29 bits per heavy atom. The summed E-state index contributed by atoms with van der Waals surface area (Å²) in [4.78, 5) is 25.4. The molecule has 0 aliphatic heterocycles. The number of aromatic amines is 1. The summed E-state index contributed by atoms with van der Waals surface area (Å²) < 4.78 is 0.213. The molecule has 2 rings (SSSR count). The molecular formula is C12H16N2O2S. The van der Waals surface area contributed by atoms with Crippen LogP contribution in [0, 0.1) is 0 Å². The number of carbonyl (C=O) groups excluding carboxylic acids is 1. The lowest BCUT2D eigenvalue weighted by molar-refractivity contribution is 0.0938. The Kier molecular flexibility index (Phi) is 3.57. The number of amides is 1. The molecule has 0 atom stereocenters. The molecule has 17 heavy (non-hydrogen) atoms. The molecule has 4 nitrogen and oxygen atoms in total. The van der Waals surface area contributed by atoms with Gasteiger partial charge in [-0.3, -0.25) is 9.59 Å². The van der Waals surface area contributed by atoms with Gasteiger partial charge in [0.1, 0.15) is 5.69 Å². The summed E-state index contributed by atoms with van der Waals surface area (Å²) in [5.74, 6) is -0.206. The van der Waals surface area contributed by atoms with E-state index in [1.807, 2.05) is 11.8 Å². The Morgan fingerprint density at radius 3 is 2.82 bits per heavy atom. The van der Waals surface area contributed by atoms with E-state index in [4.69, 9.17) is 0 Å². The molecule has 0 spiro atoms. The van der Waals surface area contributed by atoms with E-state index in [1.54, 1.807) is 12.1 Å². The molecule has 92 valence electrons. The molecule has 0 saturated heterocycles. The summed E-state index contributed by atoms with van der Waals surface area (Å²) in [6, 6.07) is 4.59. The van der Waals surface area contributed by atoms with Crippen LogP contribution in [-0.2, 0) is 0 Å². The van der Waals surface area contributed by atoms with E-state index < -0.39 is 0 Å². The zero-order valence-electron chi connectivity index (χ0n) is 9.79. The molecule has 0 radical (unpaired) electrons. The summed E-state index contributed by atoms with van der Waals surface area (Å²) in [5.41, 5.74) is 0.0777. The second-order valence-electron chi connectivity index (χ2n) is 4.35. The van der Waals surface area contributed by atoms with Crippen LogP contribution in [0.2, 0.25) is 0 Å². The van der Waals surface area contributed by atoms with Gasteiger partial charge in [-0.25, -0.2) is 0 Å². The van der Waals surface area contributed by atoms with Gasteiger partial charge < -0.3 is 10.3 Å². The number of rotatable bonds is 4. The molecule has 2 N–H and O–H groups in total. The molecule has 1 aliphatic rings. The van der Waals surface area contributed by atoms with Crippen LogP contribution in [0.5, 0.6) is 0 Å². The van der Waals surface area contributed by atoms with Gasteiger partial charge in [0.05, 0.1) is 0 Å². The standard InChI is InChI=1S/C12H16N2O2S/c1-17-12(6-3-7-12)8-13-11(16)9-4-2-5-10(15)14-9/h2,4-5H,3,6-8H2,1H3,(H,13,16)(H,14,15). The lowest BCUT2D eigenvalue weighted by Crippen LogP contribution is -2.45. The highest BCUT2D eigenvalue weighted by Crippen LogP contribution is 2.42. The maximum Gasteiger partial charge on any atom is 0.267 e. The molecule has 1 amide bonds. The second kappa shape index (κ2) is 4.96. The average Bonchev–Trinajstić information content (AvgIpc) is 2.28. The third-order valence-electron chi connectivity index (χ3n) is 3.28. The molecule has 0 aromatic carbocycles. The first-order valence-electron chi connectivity index (χ1n) is 5.68. The Morgan fingerprint density at radius 1 is 1.53 bits per heavy atom. The highest BCUT2D eigenvalue weighted by atomic mass is 32.2. The summed E-state index contributed by atoms with van der Waals surface area (Å²) in [5, 5.41) is 2.89. The number of carbonyl (C=O) groups is 1. The number of aromatic nitrogens is 1. The van der Waals surface area contributed by atoms with Gasteiger partial charge in [0.25, 0.3) is 5.91 Å². The highest BCUT2D eigenvalue weighted by Gasteiger charge is 2.36. The van der Waals surface area contributed by atoms with Crippen molar-refractivity contribution in [3.8, 4) is 0 Å². The molecular weight excluding hydrogens is 236 g/mol. The topological polar surface area (TPSA) is 62.0 Å². The maximum absolute atomic E-state index is 11.8. The van der Waals surface area contributed by atoms with Crippen LogP contribution < -0.4 is 10.9 Å². The van der Waals surface area contributed by atoms with Gasteiger partial charge in [-0.2, -0.15) is 11.8 Å². The van der Waals surface area contributed by atoms with Crippen LogP contribution in [0.1, 0.15) is 29.8 Å². The zero-order chi connectivity index (χ0) is 12.3. The van der Waals surface area contributed by atoms with Crippen LogP contribution in [0.4, 0.5) is 0 Å². The predicted molar refractivity (Wildman–Crippen MR) is 69.5 cm³/mol. The van der Waals surface area contributed by atoms with Crippen molar-refractivity contribution >= 4 is 17.7 Å². The minimum Gasteiger partial charge on any atom is -0.349 e. The highest BCUT2D eigenvalue weighted by molar-refractivity contribution is 8.00. The summed E-state index contributed by atoms with van der Waals surface area (Å²) >= 11 is 1.81. The third kappa shape index (κ3) is 2.72. The number of hydrogen-bond donors (Lipinski definition) is 2. The number of hydrogen-bond acceptors (Lipinski definition) is 3. The third-order valence-corrected chi connectivity index (χ3v) is 4.70. The quantitative estimate of drug-likeness (QED) is 0.851. The zero-order valence-corrected chi connectivity index (χ0v) is 10.6. The minimum absolute atomic E-state index is 0.206. The molecule has 0 unspecified atom stereocenters. The number of nitrogens with one attached hydrogen (secondary N) is 2. The molecule has 1 aromatic rings. The second-order valence-corrected chi connectivity index (χ2v) is 5.63. The fourth-order valence-corrected chi connectivity index (χ4v) is 2.85.